The lowest BCUT2D eigenvalue weighted by Crippen LogP contribution is -2.04. The minimum absolute atomic E-state index is 0.125. The lowest BCUT2D eigenvalue weighted by atomic mass is 10.0. The van der Waals surface area contributed by atoms with E-state index < -0.39 is 5.97 Å². The van der Waals surface area contributed by atoms with Crippen LogP contribution in [0.2, 0.25) is 0 Å². The van der Waals surface area contributed by atoms with Crippen LogP contribution in [0, 0.1) is 11.3 Å². The number of halogens is 1. The predicted octanol–water partition coefficient (Wildman–Crippen LogP) is 2.21. The molecule has 1 N–H and O–H groups in total. The van der Waals surface area contributed by atoms with Gasteiger partial charge in [-0.1, -0.05) is 0 Å². The Kier molecular flexibility index (Phi) is 4.01. The van der Waals surface area contributed by atoms with Crippen molar-refractivity contribution in [3.05, 3.63) is 28.8 Å². The van der Waals surface area contributed by atoms with E-state index in [0.29, 0.717) is 21.6 Å². The number of aliphatic carboxylic acids is 1. The third-order valence-corrected chi connectivity index (χ3v) is 2.45. The molecule has 1 aromatic carbocycles. The van der Waals surface area contributed by atoms with Gasteiger partial charge >= 0.3 is 5.97 Å². The quantitative estimate of drug-likeness (QED) is 0.630. The van der Waals surface area contributed by atoms with Gasteiger partial charge in [0.2, 0.25) is 0 Å². The number of nitrogens with zero attached hydrogens (tertiary/aromatic N) is 1. The number of benzene rings is 1. The Balaban J connectivity index is 3.30. The van der Waals surface area contributed by atoms with Crippen molar-refractivity contribution in [3.63, 3.8) is 0 Å². The van der Waals surface area contributed by atoms with Gasteiger partial charge in [0.1, 0.15) is 0 Å². The fourth-order valence-corrected chi connectivity index (χ4v) is 1.89. The molecule has 0 bridgehead atoms. The molecule has 1 aromatic rings. The largest absolute Gasteiger partial charge is 0.481 e. The average Bonchev–Trinajstić information content (AvgIpc) is 2.15. The van der Waals surface area contributed by atoms with Crippen molar-refractivity contribution in [3.8, 4) is 6.07 Å². The Labute approximate surface area is 97.7 Å². The maximum absolute atomic E-state index is 10.6. The first-order chi connectivity index (χ1) is 7.08. The van der Waals surface area contributed by atoms with Crippen molar-refractivity contribution >= 4 is 30.2 Å². The first-order valence-corrected chi connectivity index (χ1v) is 5.09. The molecular weight excluding hydrogens is 234 g/mol. The number of nitriles is 1. The zero-order valence-electron chi connectivity index (χ0n) is 7.70. The van der Waals surface area contributed by atoms with Crippen LogP contribution in [0.15, 0.2) is 17.0 Å². The monoisotopic (exact) mass is 241 g/mol. The van der Waals surface area contributed by atoms with Crippen molar-refractivity contribution in [2.24, 2.45) is 0 Å². The van der Waals surface area contributed by atoms with Crippen LogP contribution in [-0.2, 0) is 17.1 Å². The number of hydrogen-bond acceptors (Lipinski definition) is 3. The van der Waals surface area contributed by atoms with Gasteiger partial charge in [0.05, 0.1) is 18.1 Å². The van der Waals surface area contributed by atoms with E-state index in [4.69, 9.17) is 22.0 Å². The third kappa shape index (κ3) is 2.88. The minimum Gasteiger partial charge on any atom is -0.481 e. The van der Waals surface area contributed by atoms with E-state index in [0.717, 1.165) is 0 Å². The van der Waals surface area contributed by atoms with Gasteiger partial charge in [-0.3, -0.25) is 4.79 Å². The van der Waals surface area contributed by atoms with Gasteiger partial charge in [-0.05, 0) is 23.3 Å². The second-order valence-corrected chi connectivity index (χ2v) is 3.73. The van der Waals surface area contributed by atoms with Crippen molar-refractivity contribution < 1.29 is 9.90 Å². The second kappa shape index (κ2) is 5.06. The number of alkyl halides is 1. The Morgan fingerprint density at radius 1 is 1.60 bits per heavy atom. The summed E-state index contributed by atoms with van der Waals surface area (Å²) in [7, 11) is 0. The van der Waals surface area contributed by atoms with Crippen LogP contribution in [0.4, 0.5) is 0 Å². The Bertz CT molecular complexity index is 440. The lowest BCUT2D eigenvalue weighted by Gasteiger charge is -2.07. The molecule has 0 spiro atoms. The number of rotatable bonds is 3. The lowest BCUT2D eigenvalue weighted by molar-refractivity contribution is -0.136. The van der Waals surface area contributed by atoms with E-state index in [1.807, 2.05) is 6.07 Å². The minimum atomic E-state index is -0.954. The second-order valence-electron chi connectivity index (χ2n) is 2.95. The summed E-state index contributed by atoms with van der Waals surface area (Å²) in [5, 5.41) is 17.5. The van der Waals surface area contributed by atoms with Gasteiger partial charge in [-0.15, -0.1) is 24.2 Å². The molecule has 0 aliphatic rings. The van der Waals surface area contributed by atoms with Crippen molar-refractivity contribution in [1.82, 2.24) is 0 Å². The molecule has 0 saturated carbocycles. The SMILES string of the molecule is N#Cc1cc(S)cc(CC(=O)O)c1CCl. The molecule has 3 nitrogen and oxygen atoms in total. The molecule has 0 fully saturated rings. The molecule has 0 amide bonds. The van der Waals surface area contributed by atoms with Crippen LogP contribution < -0.4 is 0 Å². The molecule has 0 unspecified atom stereocenters. The fourth-order valence-electron chi connectivity index (χ4n) is 1.29. The van der Waals surface area contributed by atoms with E-state index in [1.165, 1.54) is 0 Å². The zero-order chi connectivity index (χ0) is 11.4. The van der Waals surface area contributed by atoms with Crippen molar-refractivity contribution in [1.29, 1.82) is 5.26 Å². The summed E-state index contributed by atoms with van der Waals surface area (Å²) < 4.78 is 0. The number of carboxylic acids is 1. The van der Waals surface area contributed by atoms with Gasteiger partial charge in [-0.25, -0.2) is 0 Å². The molecule has 0 aromatic heterocycles. The van der Waals surface area contributed by atoms with Crippen LogP contribution in [-0.4, -0.2) is 11.1 Å². The first kappa shape index (κ1) is 11.9. The molecule has 0 heterocycles. The average molecular weight is 242 g/mol. The predicted molar refractivity (Wildman–Crippen MR) is 59.3 cm³/mol. The van der Waals surface area contributed by atoms with Gasteiger partial charge < -0.3 is 5.11 Å². The molecule has 5 heteroatoms. The molecule has 0 aliphatic carbocycles. The summed E-state index contributed by atoms with van der Waals surface area (Å²) in [5.41, 5.74) is 1.50. The van der Waals surface area contributed by atoms with E-state index in [9.17, 15) is 4.79 Å². The normalized spacial score (nSPS) is 9.67. The number of carboxylic acid groups (broad SMARTS) is 1. The summed E-state index contributed by atoms with van der Waals surface area (Å²) in [6.45, 7) is 0. The Morgan fingerprint density at radius 3 is 2.73 bits per heavy atom. The maximum atomic E-state index is 10.6. The highest BCUT2D eigenvalue weighted by Gasteiger charge is 2.11. The molecule has 1 rings (SSSR count). The summed E-state index contributed by atoms with van der Waals surface area (Å²) in [6, 6.07) is 5.17. The standard InChI is InChI=1S/C10H8ClNO2S/c11-4-9-6(3-10(13)14)1-8(15)2-7(9)5-12/h1-2,15H,3-4H2,(H,13,14). The molecule has 0 radical (unpaired) electrons. The number of thiol groups is 1. The van der Waals surface area contributed by atoms with E-state index in [-0.39, 0.29) is 12.3 Å². The number of hydrogen-bond donors (Lipinski definition) is 2. The van der Waals surface area contributed by atoms with Crippen LogP contribution in [0.25, 0.3) is 0 Å². The van der Waals surface area contributed by atoms with Crippen LogP contribution in [0.1, 0.15) is 16.7 Å². The zero-order valence-corrected chi connectivity index (χ0v) is 9.35. The van der Waals surface area contributed by atoms with Crippen LogP contribution in [0.5, 0.6) is 0 Å². The van der Waals surface area contributed by atoms with E-state index >= 15 is 0 Å². The third-order valence-electron chi connectivity index (χ3n) is 1.92. The summed E-state index contributed by atoms with van der Waals surface area (Å²) >= 11 is 9.78. The molecular formula is C10H8ClNO2S. The van der Waals surface area contributed by atoms with Crippen molar-refractivity contribution in [2.45, 2.75) is 17.2 Å². The molecule has 78 valence electrons. The summed E-state index contributed by atoms with van der Waals surface area (Å²) in [4.78, 5) is 11.2. The van der Waals surface area contributed by atoms with Gasteiger partial charge in [0, 0.05) is 10.8 Å². The first-order valence-electron chi connectivity index (χ1n) is 4.11. The van der Waals surface area contributed by atoms with Crippen LogP contribution in [0.3, 0.4) is 0 Å². The summed E-state index contributed by atoms with van der Waals surface area (Å²) in [6.07, 6.45) is -0.148. The Hall–Kier alpha value is -1.18. The molecule has 15 heavy (non-hydrogen) atoms. The Morgan fingerprint density at radius 2 is 2.27 bits per heavy atom. The van der Waals surface area contributed by atoms with Crippen LogP contribution >= 0.6 is 24.2 Å². The number of carbonyl (C=O) groups is 1. The molecule has 0 aliphatic heterocycles. The maximum Gasteiger partial charge on any atom is 0.307 e. The van der Waals surface area contributed by atoms with E-state index in [2.05, 4.69) is 12.6 Å². The topological polar surface area (TPSA) is 61.1 Å². The molecule has 0 saturated heterocycles. The van der Waals surface area contributed by atoms with Crippen molar-refractivity contribution in [2.75, 3.05) is 0 Å². The highest BCUT2D eigenvalue weighted by atomic mass is 35.5. The van der Waals surface area contributed by atoms with E-state index in [1.54, 1.807) is 12.1 Å². The molecule has 0 atom stereocenters. The highest BCUT2D eigenvalue weighted by Crippen LogP contribution is 2.22. The summed E-state index contributed by atoms with van der Waals surface area (Å²) in [5.74, 6) is -0.830. The van der Waals surface area contributed by atoms with Gasteiger partial charge in [0.25, 0.3) is 0 Å². The van der Waals surface area contributed by atoms with Gasteiger partial charge in [0.15, 0.2) is 0 Å². The smallest absolute Gasteiger partial charge is 0.307 e. The van der Waals surface area contributed by atoms with Gasteiger partial charge in [-0.2, -0.15) is 5.26 Å². The fraction of sp³-hybridized carbons (Fsp3) is 0.200. The highest BCUT2D eigenvalue weighted by molar-refractivity contribution is 7.80.